The van der Waals surface area contributed by atoms with Gasteiger partial charge in [-0.05, 0) is 47.7 Å². The van der Waals surface area contributed by atoms with Crippen LogP contribution in [-0.2, 0) is 0 Å². The molecule has 6 heteroatoms. The summed E-state index contributed by atoms with van der Waals surface area (Å²) in [7, 11) is 0. The molecule has 0 unspecified atom stereocenters. The van der Waals surface area contributed by atoms with Crippen molar-refractivity contribution in [2.75, 3.05) is 25.4 Å². The lowest BCUT2D eigenvalue weighted by Gasteiger charge is -2.27. The highest BCUT2D eigenvalue weighted by molar-refractivity contribution is 6.09. The molecule has 1 fully saturated rings. The number of fused-ring (bicyclic) bond motifs is 1. The zero-order valence-corrected chi connectivity index (χ0v) is 15.1. The average molecular weight is 364 g/mol. The standard InChI is InChI=1S/C21H21FN4O/c1-12-3-2-4-18(22)20(12)14-5-15-11-25-19(23)7-16(15)17(6-14)21(27)26-10-13-8-24-9-13/h2-7,11,13,24H,8-10H2,1H3,(H2,23,25)(H,26,27). The number of halogens is 1. The molecule has 3 aromatic rings. The van der Waals surface area contributed by atoms with Crippen LogP contribution in [0.3, 0.4) is 0 Å². The molecule has 27 heavy (non-hydrogen) atoms. The molecule has 0 radical (unpaired) electrons. The Labute approximate surface area is 156 Å². The normalized spacial score (nSPS) is 14.1. The molecule has 1 aromatic heterocycles. The molecule has 1 amide bonds. The van der Waals surface area contributed by atoms with Crippen LogP contribution in [0.25, 0.3) is 21.9 Å². The Balaban J connectivity index is 1.82. The molecule has 0 spiro atoms. The number of aromatic nitrogens is 1. The van der Waals surface area contributed by atoms with Gasteiger partial charge in [-0.15, -0.1) is 0 Å². The van der Waals surface area contributed by atoms with Gasteiger partial charge in [0.25, 0.3) is 5.91 Å². The van der Waals surface area contributed by atoms with E-state index < -0.39 is 0 Å². The predicted molar refractivity (Wildman–Crippen MR) is 105 cm³/mol. The maximum absolute atomic E-state index is 14.5. The monoisotopic (exact) mass is 364 g/mol. The van der Waals surface area contributed by atoms with E-state index in [1.807, 2.05) is 19.1 Å². The Bertz CT molecular complexity index is 1010. The quantitative estimate of drug-likeness (QED) is 0.665. The first-order valence-corrected chi connectivity index (χ1v) is 8.96. The van der Waals surface area contributed by atoms with Gasteiger partial charge in [-0.2, -0.15) is 0 Å². The Hall–Kier alpha value is -2.99. The van der Waals surface area contributed by atoms with Gasteiger partial charge in [0, 0.05) is 48.3 Å². The molecular formula is C21H21FN4O. The first-order valence-electron chi connectivity index (χ1n) is 8.96. The molecule has 4 N–H and O–H groups in total. The van der Waals surface area contributed by atoms with Gasteiger partial charge < -0.3 is 16.4 Å². The van der Waals surface area contributed by atoms with Gasteiger partial charge in [0.05, 0.1) is 0 Å². The number of benzene rings is 2. The number of hydrogen-bond acceptors (Lipinski definition) is 4. The van der Waals surface area contributed by atoms with E-state index in [1.165, 1.54) is 6.07 Å². The number of anilines is 1. The summed E-state index contributed by atoms with van der Waals surface area (Å²) < 4.78 is 14.5. The van der Waals surface area contributed by atoms with Crippen molar-refractivity contribution < 1.29 is 9.18 Å². The SMILES string of the molecule is Cc1cccc(F)c1-c1cc(C(=O)NCC2CNC2)c2cc(N)ncc2c1. The van der Waals surface area contributed by atoms with Crippen LogP contribution in [0, 0.1) is 18.7 Å². The first-order chi connectivity index (χ1) is 13.0. The van der Waals surface area contributed by atoms with Gasteiger partial charge >= 0.3 is 0 Å². The number of nitrogens with two attached hydrogens (primary N) is 1. The van der Waals surface area contributed by atoms with Crippen LogP contribution in [-0.4, -0.2) is 30.5 Å². The molecule has 1 aliphatic heterocycles. The molecule has 0 atom stereocenters. The van der Waals surface area contributed by atoms with Crippen molar-refractivity contribution in [3.05, 3.63) is 59.5 Å². The molecule has 2 heterocycles. The van der Waals surface area contributed by atoms with E-state index in [0.29, 0.717) is 40.4 Å². The summed E-state index contributed by atoms with van der Waals surface area (Å²) in [4.78, 5) is 17.0. The maximum Gasteiger partial charge on any atom is 0.251 e. The van der Waals surface area contributed by atoms with E-state index in [0.717, 1.165) is 24.0 Å². The molecular weight excluding hydrogens is 343 g/mol. The minimum absolute atomic E-state index is 0.187. The highest BCUT2D eigenvalue weighted by Gasteiger charge is 2.20. The summed E-state index contributed by atoms with van der Waals surface area (Å²) in [6.45, 7) is 4.28. The lowest BCUT2D eigenvalue weighted by molar-refractivity contribution is 0.0944. The van der Waals surface area contributed by atoms with Crippen LogP contribution >= 0.6 is 0 Å². The van der Waals surface area contributed by atoms with Crippen LogP contribution in [0.5, 0.6) is 0 Å². The summed E-state index contributed by atoms with van der Waals surface area (Å²) in [5.74, 6) is 0.288. The number of rotatable bonds is 4. The van der Waals surface area contributed by atoms with E-state index in [4.69, 9.17) is 5.73 Å². The van der Waals surface area contributed by atoms with Crippen molar-refractivity contribution in [3.8, 4) is 11.1 Å². The number of nitrogens with zero attached hydrogens (tertiary/aromatic N) is 1. The molecule has 4 rings (SSSR count). The third-order valence-electron chi connectivity index (χ3n) is 5.03. The fourth-order valence-electron chi connectivity index (χ4n) is 3.43. The Morgan fingerprint density at radius 1 is 1.33 bits per heavy atom. The van der Waals surface area contributed by atoms with Gasteiger partial charge in [-0.1, -0.05) is 12.1 Å². The number of aryl methyl sites for hydroxylation is 1. The van der Waals surface area contributed by atoms with Gasteiger partial charge in [-0.25, -0.2) is 9.37 Å². The second-order valence-electron chi connectivity index (χ2n) is 7.02. The third kappa shape index (κ3) is 3.36. The fourth-order valence-corrected chi connectivity index (χ4v) is 3.43. The van der Waals surface area contributed by atoms with E-state index >= 15 is 0 Å². The second-order valence-corrected chi connectivity index (χ2v) is 7.02. The third-order valence-corrected chi connectivity index (χ3v) is 5.03. The van der Waals surface area contributed by atoms with Crippen molar-refractivity contribution >= 4 is 22.5 Å². The van der Waals surface area contributed by atoms with Crippen LogP contribution in [0.15, 0.2) is 42.6 Å². The van der Waals surface area contributed by atoms with E-state index in [9.17, 15) is 9.18 Å². The summed E-state index contributed by atoms with van der Waals surface area (Å²) in [5.41, 5.74) is 8.27. The smallest absolute Gasteiger partial charge is 0.251 e. The number of nitrogens with one attached hydrogen (secondary N) is 2. The van der Waals surface area contributed by atoms with E-state index in [-0.39, 0.29) is 11.7 Å². The first kappa shape index (κ1) is 17.4. The molecule has 0 bridgehead atoms. The van der Waals surface area contributed by atoms with Crippen LogP contribution < -0.4 is 16.4 Å². The highest BCUT2D eigenvalue weighted by atomic mass is 19.1. The topological polar surface area (TPSA) is 80.0 Å². The minimum Gasteiger partial charge on any atom is -0.384 e. The van der Waals surface area contributed by atoms with Gasteiger partial charge in [-0.3, -0.25) is 4.79 Å². The van der Waals surface area contributed by atoms with Crippen LogP contribution in [0.4, 0.5) is 10.2 Å². The Morgan fingerprint density at radius 2 is 2.15 bits per heavy atom. The van der Waals surface area contributed by atoms with Crippen molar-refractivity contribution in [3.63, 3.8) is 0 Å². The summed E-state index contributed by atoms with van der Waals surface area (Å²) in [5, 5.41) is 7.64. The van der Waals surface area contributed by atoms with E-state index in [1.54, 1.807) is 24.4 Å². The largest absolute Gasteiger partial charge is 0.384 e. The van der Waals surface area contributed by atoms with Crippen LogP contribution in [0.1, 0.15) is 15.9 Å². The van der Waals surface area contributed by atoms with Crippen molar-refractivity contribution in [2.24, 2.45) is 5.92 Å². The maximum atomic E-state index is 14.5. The van der Waals surface area contributed by atoms with Crippen molar-refractivity contribution in [2.45, 2.75) is 6.92 Å². The Morgan fingerprint density at radius 3 is 2.85 bits per heavy atom. The van der Waals surface area contributed by atoms with E-state index in [2.05, 4.69) is 15.6 Å². The zero-order valence-electron chi connectivity index (χ0n) is 15.1. The number of amides is 1. The lowest BCUT2D eigenvalue weighted by atomic mass is 9.94. The summed E-state index contributed by atoms with van der Waals surface area (Å²) in [6, 6.07) is 10.2. The molecule has 2 aromatic carbocycles. The molecule has 0 saturated carbocycles. The van der Waals surface area contributed by atoms with Crippen molar-refractivity contribution in [1.29, 1.82) is 0 Å². The van der Waals surface area contributed by atoms with Crippen molar-refractivity contribution in [1.82, 2.24) is 15.6 Å². The molecule has 5 nitrogen and oxygen atoms in total. The number of pyridine rings is 1. The van der Waals surface area contributed by atoms with Crippen LogP contribution in [0.2, 0.25) is 0 Å². The van der Waals surface area contributed by atoms with Gasteiger partial charge in [0.1, 0.15) is 11.6 Å². The average Bonchev–Trinajstić information content (AvgIpc) is 2.59. The molecule has 138 valence electrons. The second kappa shape index (κ2) is 6.96. The number of nitrogen functional groups attached to an aromatic ring is 1. The Kier molecular flexibility index (Phi) is 4.49. The molecule has 1 aliphatic rings. The van der Waals surface area contributed by atoms with Gasteiger partial charge in [0.2, 0.25) is 0 Å². The summed E-state index contributed by atoms with van der Waals surface area (Å²) >= 11 is 0. The summed E-state index contributed by atoms with van der Waals surface area (Å²) in [6.07, 6.45) is 1.62. The number of hydrogen-bond donors (Lipinski definition) is 3. The fraction of sp³-hybridized carbons (Fsp3) is 0.238. The minimum atomic E-state index is -0.315. The highest BCUT2D eigenvalue weighted by Crippen LogP contribution is 2.32. The number of carbonyl (C=O) groups excluding carboxylic acids is 1. The molecule has 1 saturated heterocycles. The lowest BCUT2D eigenvalue weighted by Crippen LogP contribution is -2.48. The van der Waals surface area contributed by atoms with Gasteiger partial charge in [0.15, 0.2) is 0 Å². The number of carbonyl (C=O) groups is 1. The zero-order chi connectivity index (χ0) is 19.0. The molecule has 0 aliphatic carbocycles. The predicted octanol–water partition coefficient (Wildman–Crippen LogP) is 2.88.